The molecule has 0 saturated carbocycles. The highest BCUT2D eigenvalue weighted by Crippen LogP contribution is 2.31. The highest BCUT2D eigenvalue weighted by atomic mass is 19.1. The first kappa shape index (κ1) is 12.0. The van der Waals surface area contributed by atoms with Crippen molar-refractivity contribution in [2.24, 2.45) is 5.92 Å². The molecule has 0 bridgehead atoms. The van der Waals surface area contributed by atoms with Crippen LogP contribution in [0.1, 0.15) is 24.9 Å². The van der Waals surface area contributed by atoms with Crippen molar-refractivity contribution in [1.82, 2.24) is 5.32 Å². The molecule has 0 spiro atoms. The molecule has 1 aromatic rings. The van der Waals surface area contributed by atoms with Gasteiger partial charge in [-0.1, -0.05) is 18.2 Å². The maximum absolute atomic E-state index is 13.7. The van der Waals surface area contributed by atoms with Gasteiger partial charge in [0.1, 0.15) is 5.82 Å². The number of halogens is 1. The summed E-state index contributed by atoms with van der Waals surface area (Å²) >= 11 is 0. The zero-order valence-electron chi connectivity index (χ0n) is 9.78. The van der Waals surface area contributed by atoms with Gasteiger partial charge in [-0.2, -0.15) is 0 Å². The number of carbonyl (C=O) groups excluding carboxylic acids is 1. The molecule has 1 N–H and O–H groups in total. The van der Waals surface area contributed by atoms with Crippen LogP contribution in [0.25, 0.3) is 0 Å². The Labute approximate surface area is 100.0 Å². The van der Waals surface area contributed by atoms with Crippen LogP contribution in [0.2, 0.25) is 0 Å². The van der Waals surface area contributed by atoms with Crippen molar-refractivity contribution in [2.45, 2.75) is 19.4 Å². The number of carbonyl (C=O) groups is 1. The number of ether oxygens (including phenoxy) is 1. The molecule has 1 heterocycles. The zero-order chi connectivity index (χ0) is 12.3. The van der Waals surface area contributed by atoms with Crippen molar-refractivity contribution in [2.75, 3.05) is 13.2 Å². The van der Waals surface area contributed by atoms with Gasteiger partial charge in [-0.25, -0.2) is 4.39 Å². The van der Waals surface area contributed by atoms with Gasteiger partial charge in [-0.05, 0) is 26.0 Å². The Bertz CT molecular complexity index is 408. The minimum atomic E-state index is -0.285. The van der Waals surface area contributed by atoms with Crippen LogP contribution in [-0.4, -0.2) is 19.1 Å². The largest absolute Gasteiger partial charge is 0.466 e. The Balaban J connectivity index is 2.20. The Kier molecular flexibility index (Phi) is 3.74. The summed E-state index contributed by atoms with van der Waals surface area (Å²) in [7, 11) is 0. The van der Waals surface area contributed by atoms with E-state index in [2.05, 4.69) is 5.32 Å². The summed E-state index contributed by atoms with van der Waals surface area (Å²) in [6.45, 7) is 2.85. The lowest BCUT2D eigenvalue weighted by Crippen LogP contribution is -2.26. The maximum atomic E-state index is 13.7. The van der Waals surface area contributed by atoms with Crippen molar-refractivity contribution in [3.8, 4) is 0 Å². The van der Waals surface area contributed by atoms with Gasteiger partial charge in [0, 0.05) is 11.6 Å². The average molecular weight is 237 g/mol. The lowest BCUT2D eigenvalue weighted by atomic mass is 9.94. The van der Waals surface area contributed by atoms with Crippen LogP contribution in [-0.2, 0) is 9.53 Å². The van der Waals surface area contributed by atoms with Crippen LogP contribution in [0.5, 0.6) is 0 Å². The molecule has 2 rings (SSSR count). The van der Waals surface area contributed by atoms with Crippen LogP contribution in [0.4, 0.5) is 4.39 Å². The van der Waals surface area contributed by atoms with Crippen molar-refractivity contribution in [3.63, 3.8) is 0 Å². The second-order valence-electron chi connectivity index (χ2n) is 4.10. The number of rotatable bonds is 3. The highest BCUT2D eigenvalue weighted by molar-refractivity contribution is 5.74. The Morgan fingerprint density at radius 3 is 3.00 bits per heavy atom. The fraction of sp³-hybridized carbons (Fsp3) is 0.462. The minimum Gasteiger partial charge on any atom is -0.466 e. The molecule has 3 nitrogen and oxygen atoms in total. The molecule has 1 aliphatic rings. The number of hydrogen-bond acceptors (Lipinski definition) is 3. The lowest BCUT2D eigenvalue weighted by molar-refractivity contribution is -0.148. The van der Waals surface area contributed by atoms with Gasteiger partial charge in [-0.3, -0.25) is 4.79 Å². The van der Waals surface area contributed by atoms with Crippen molar-refractivity contribution < 1.29 is 13.9 Å². The fourth-order valence-corrected chi connectivity index (χ4v) is 2.26. The van der Waals surface area contributed by atoms with Gasteiger partial charge >= 0.3 is 5.97 Å². The van der Waals surface area contributed by atoms with Crippen LogP contribution in [0.3, 0.4) is 0 Å². The first-order chi connectivity index (χ1) is 8.24. The molecular weight excluding hydrogens is 221 g/mol. The molecule has 0 aromatic heterocycles. The molecule has 2 unspecified atom stereocenters. The van der Waals surface area contributed by atoms with Crippen molar-refractivity contribution in [1.29, 1.82) is 0 Å². The van der Waals surface area contributed by atoms with E-state index in [1.165, 1.54) is 6.07 Å². The summed E-state index contributed by atoms with van der Waals surface area (Å²) in [5, 5.41) is 3.16. The van der Waals surface area contributed by atoms with Gasteiger partial charge in [0.25, 0.3) is 0 Å². The van der Waals surface area contributed by atoms with E-state index in [9.17, 15) is 9.18 Å². The smallest absolute Gasteiger partial charge is 0.310 e. The van der Waals surface area contributed by atoms with E-state index in [0.717, 1.165) is 0 Å². The molecular formula is C13H16FNO2. The maximum Gasteiger partial charge on any atom is 0.310 e. The molecule has 2 atom stereocenters. The number of esters is 1. The van der Waals surface area contributed by atoms with Crippen LogP contribution in [0.15, 0.2) is 24.3 Å². The second kappa shape index (κ2) is 5.27. The summed E-state index contributed by atoms with van der Waals surface area (Å²) in [5.74, 6) is -0.807. The third-order valence-electron chi connectivity index (χ3n) is 3.05. The molecule has 92 valence electrons. The van der Waals surface area contributed by atoms with E-state index in [0.29, 0.717) is 25.1 Å². The zero-order valence-corrected chi connectivity index (χ0v) is 9.78. The number of hydrogen-bond donors (Lipinski definition) is 1. The van der Waals surface area contributed by atoms with Gasteiger partial charge in [-0.15, -0.1) is 0 Å². The van der Waals surface area contributed by atoms with E-state index in [-0.39, 0.29) is 23.7 Å². The Hall–Kier alpha value is -1.42. The third-order valence-corrected chi connectivity index (χ3v) is 3.05. The third kappa shape index (κ3) is 2.47. The van der Waals surface area contributed by atoms with Crippen molar-refractivity contribution >= 4 is 5.97 Å². The normalized spacial score (nSPS) is 23.6. The predicted octanol–water partition coefficient (Wildman–Crippen LogP) is 2.04. The molecule has 1 fully saturated rings. The Morgan fingerprint density at radius 2 is 2.29 bits per heavy atom. The van der Waals surface area contributed by atoms with E-state index < -0.39 is 0 Å². The van der Waals surface area contributed by atoms with Crippen LogP contribution in [0, 0.1) is 11.7 Å². The topological polar surface area (TPSA) is 38.3 Å². The standard InChI is InChI=1S/C13H16FNO2/c1-2-17-13(16)10-7-8-15-12(10)9-5-3-4-6-11(9)14/h3-6,10,12,15H,2,7-8H2,1H3. The summed E-state index contributed by atoms with van der Waals surface area (Å²) in [6, 6.07) is 6.28. The minimum absolute atomic E-state index is 0.245. The molecule has 17 heavy (non-hydrogen) atoms. The average Bonchev–Trinajstić information content (AvgIpc) is 2.79. The van der Waals surface area contributed by atoms with Gasteiger partial charge in [0.05, 0.1) is 12.5 Å². The highest BCUT2D eigenvalue weighted by Gasteiger charge is 2.35. The molecule has 1 saturated heterocycles. The van der Waals surface area contributed by atoms with E-state index in [1.807, 2.05) is 0 Å². The summed E-state index contributed by atoms with van der Waals surface area (Å²) in [4.78, 5) is 11.8. The van der Waals surface area contributed by atoms with E-state index >= 15 is 0 Å². The quantitative estimate of drug-likeness (QED) is 0.817. The van der Waals surface area contributed by atoms with Crippen LogP contribution < -0.4 is 5.32 Å². The fourth-order valence-electron chi connectivity index (χ4n) is 2.26. The molecule has 0 radical (unpaired) electrons. The van der Waals surface area contributed by atoms with Crippen molar-refractivity contribution in [3.05, 3.63) is 35.6 Å². The summed E-state index contributed by atoms with van der Waals surface area (Å²) in [6.07, 6.45) is 0.692. The predicted molar refractivity (Wildman–Crippen MR) is 61.9 cm³/mol. The number of benzene rings is 1. The second-order valence-corrected chi connectivity index (χ2v) is 4.10. The molecule has 1 aromatic carbocycles. The summed E-state index contributed by atoms with van der Waals surface area (Å²) in [5.41, 5.74) is 0.544. The molecule has 4 heteroatoms. The molecule has 0 amide bonds. The molecule has 1 aliphatic heterocycles. The summed E-state index contributed by atoms with van der Waals surface area (Å²) < 4.78 is 18.7. The molecule has 0 aliphatic carbocycles. The first-order valence-electron chi connectivity index (χ1n) is 5.88. The first-order valence-corrected chi connectivity index (χ1v) is 5.88. The number of nitrogens with one attached hydrogen (secondary N) is 1. The van der Waals surface area contributed by atoms with Gasteiger partial charge in [0.2, 0.25) is 0 Å². The Morgan fingerprint density at radius 1 is 1.53 bits per heavy atom. The van der Waals surface area contributed by atoms with Gasteiger partial charge in [0.15, 0.2) is 0 Å². The monoisotopic (exact) mass is 237 g/mol. The van der Waals surface area contributed by atoms with E-state index in [1.54, 1.807) is 25.1 Å². The lowest BCUT2D eigenvalue weighted by Gasteiger charge is -2.18. The van der Waals surface area contributed by atoms with Crippen LogP contribution >= 0.6 is 0 Å². The van der Waals surface area contributed by atoms with Gasteiger partial charge < -0.3 is 10.1 Å². The van der Waals surface area contributed by atoms with E-state index in [4.69, 9.17) is 4.74 Å². The SMILES string of the molecule is CCOC(=O)C1CCNC1c1ccccc1F.